The molecule has 3 aliphatic heterocycles. The van der Waals surface area contributed by atoms with Crippen LogP contribution in [0.3, 0.4) is 0 Å². The number of amides is 1. The molecule has 3 saturated heterocycles. The van der Waals surface area contributed by atoms with Crippen LogP contribution in [0.25, 0.3) is 11.1 Å². The lowest BCUT2D eigenvalue weighted by Crippen LogP contribution is -2.62. The molecule has 5 atom stereocenters. The number of hydrogen-bond donors (Lipinski definition) is 2. The fourth-order valence-electron chi connectivity index (χ4n) is 7.43. The van der Waals surface area contributed by atoms with Crippen molar-refractivity contribution in [3.05, 3.63) is 59.7 Å². The van der Waals surface area contributed by atoms with Gasteiger partial charge in [0.1, 0.15) is 24.9 Å². The summed E-state index contributed by atoms with van der Waals surface area (Å²) in [5.74, 6) is -3.60. The monoisotopic (exact) mass is 638 g/mol. The van der Waals surface area contributed by atoms with Crippen molar-refractivity contribution < 1.29 is 43.1 Å². The number of carbonyl (C=O) groups excluding carboxylic acids is 1. The molecular weight excluding hydrogens is 592 g/mol. The van der Waals surface area contributed by atoms with Gasteiger partial charge >= 0.3 is 12.1 Å². The number of aliphatic carboxylic acids is 1. The molecule has 46 heavy (non-hydrogen) atoms. The van der Waals surface area contributed by atoms with E-state index in [-0.39, 0.29) is 31.2 Å². The molecule has 1 aliphatic carbocycles. The molecule has 0 aromatic heterocycles. The van der Waals surface area contributed by atoms with E-state index in [4.69, 9.17) is 28.4 Å². The third-order valence-corrected chi connectivity index (χ3v) is 9.19. The van der Waals surface area contributed by atoms with Crippen molar-refractivity contribution in [2.24, 2.45) is 0 Å². The summed E-state index contributed by atoms with van der Waals surface area (Å²) in [6.07, 6.45) is 0.221. The van der Waals surface area contributed by atoms with Gasteiger partial charge in [0.25, 0.3) is 0 Å². The van der Waals surface area contributed by atoms with Gasteiger partial charge in [-0.3, -0.25) is 4.79 Å². The van der Waals surface area contributed by atoms with Crippen LogP contribution in [0.2, 0.25) is 0 Å². The number of carboxylic acid groups (broad SMARTS) is 1. The molecule has 11 nitrogen and oxygen atoms in total. The van der Waals surface area contributed by atoms with Crippen LogP contribution in [0.1, 0.15) is 70.4 Å². The Bertz CT molecular complexity index is 1380. The Balaban J connectivity index is 0.990. The van der Waals surface area contributed by atoms with Crippen molar-refractivity contribution in [2.75, 3.05) is 33.4 Å². The maximum absolute atomic E-state index is 12.9. The number of carbonyl (C=O) groups is 2. The molecule has 0 bridgehead atoms. The van der Waals surface area contributed by atoms with Crippen LogP contribution in [-0.2, 0) is 33.2 Å². The molecule has 250 valence electrons. The molecule has 6 rings (SSSR count). The van der Waals surface area contributed by atoms with Gasteiger partial charge in [-0.1, -0.05) is 55.0 Å². The van der Waals surface area contributed by atoms with E-state index in [0.717, 1.165) is 28.7 Å². The molecule has 2 N–H and O–H groups in total. The van der Waals surface area contributed by atoms with Crippen LogP contribution in [-0.4, -0.2) is 97.1 Å². The molecule has 11 heteroatoms. The van der Waals surface area contributed by atoms with Crippen LogP contribution in [0.4, 0.5) is 4.79 Å². The summed E-state index contributed by atoms with van der Waals surface area (Å²) in [5, 5.41) is 12.3. The SMILES string of the molecule is CN(CCCC[C@@H](CC(=O)O)NC(=O)OCC1c2ccccc2-c2ccccc21)CC12OCC3OC(C)(C)OC3C1OC(C)(C)O2. The van der Waals surface area contributed by atoms with Crippen LogP contribution >= 0.6 is 0 Å². The van der Waals surface area contributed by atoms with Crippen molar-refractivity contribution in [1.29, 1.82) is 0 Å². The number of rotatable bonds is 12. The second-order valence-electron chi connectivity index (χ2n) is 13.8. The Morgan fingerprint density at radius 1 is 0.978 bits per heavy atom. The summed E-state index contributed by atoms with van der Waals surface area (Å²) >= 11 is 0. The minimum absolute atomic E-state index is 0.0659. The van der Waals surface area contributed by atoms with E-state index < -0.39 is 41.6 Å². The lowest BCUT2D eigenvalue weighted by Gasteiger charge is -2.42. The van der Waals surface area contributed by atoms with E-state index in [1.807, 2.05) is 59.0 Å². The maximum atomic E-state index is 12.9. The summed E-state index contributed by atoms with van der Waals surface area (Å²) in [6.45, 7) is 9.22. The highest BCUT2D eigenvalue weighted by molar-refractivity contribution is 5.79. The third-order valence-electron chi connectivity index (χ3n) is 9.19. The predicted octanol–water partition coefficient (Wildman–Crippen LogP) is 4.87. The van der Waals surface area contributed by atoms with Gasteiger partial charge in [-0.25, -0.2) is 4.79 Å². The summed E-state index contributed by atoms with van der Waals surface area (Å²) in [6, 6.07) is 15.7. The molecule has 3 fully saturated rings. The van der Waals surface area contributed by atoms with Crippen molar-refractivity contribution in [3.8, 4) is 11.1 Å². The lowest BCUT2D eigenvalue weighted by molar-refractivity contribution is -0.285. The zero-order valence-corrected chi connectivity index (χ0v) is 27.3. The van der Waals surface area contributed by atoms with E-state index in [1.54, 1.807) is 0 Å². The molecule has 1 amide bonds. The van der Waals surface area contributed by atoms with E-state index in [2.05, 4.69) is 34.5 Å². The molecule has 4 unspecified atom stereocenters. The maximum Gasteiger partial charge on any atom is 0.407 e. The zero-order chi connectivity index (χ0) is 32.7. The first-order valence-corrected chi connectivity index (χ1v) is 16.2. The van der Waals surface area contributed by atoms with Crippen LogP contribution in [0.5, 0.6) is 0 Å². The normalized spacial score (nSPS) is 27.8. The minimum atomic E-state index is -0.999. The number of unbranched alkanes of at least 4 members (excludes halogenated alkanes) is 1. The average Bonchev–Trinajstić information content (AvgIpc) is 3.58. The summed E-state index contributed by atoms with van der Waals surface area (Å²) in [4.78, 5) is 26.6. The molecule has 0 spiro atoms. The molecule has 3 heterocycles. The van der Waals surface area contributed by atoms with Crippen LogP contribution < -0.4 is 5.32 Å². The summed E-state index contributed by atoms with van der Waals surface area (Å²) < 4.78 is 36.9. The van der Waals surface area contributed by atoms with Gasteiger partial charge in [-0.15, -0.1) is 0 Å². The second kappa shape index (κ2) is 12.9. The molecule has 4 aliphatic rings. The highest BCUT2D eigenvalue weighted by atomic mass is 16.9. The number of hydrogen-bond acceptors (Lipinski definition) is 9. The van der Waals surface area contributed by atoms with E-state index in [1.165, 1.54) is 0 Å². The van der Waals surface area contributed by atoms with E-state index >= 15 is 0 Å². The molecular formula is C35H46N2O9. The van der Waals surface area contributed by atoms with Crippen LogP contribution in [0.15, 0.2) is 48.5 Å². The number of alkyl carbamates (subject to hydrolysis) is 1. The fourth-order valence-corrected chi connectivity index (χ4v) is 7.43. The Hall–Kier alpha value is -3.06. The predicted molar refractivity (Wildman–Crippen MR) is 168 cm³/mol. The fraction of sp³-hybridized carbons (Fsp3) is 0.600. The smallest absolute Gasteiger partial charge is 0.407 e. The van der Waals surface area contributed by atoms with Crippen molar-refractivity contribution >= 4 is 12.1 Å². The first kappa shape index (κ1) is 32.9. The van der Waals surface area contributed by atoms with Crippen LogP contribution in [0, 0.1) is 0 Å². The number of fused-ring (bicyclic) bond motifs is 6. The number of nitrogens with zero attached hydrogens (tertiary/aromatic N) is 1. The molecule has 0 saturated carbocycles. The third kappa shape index (κ3) is 6.95. The Morgan fingerprint density at radius 2 is 1.65 bits per heavy atom. The summed E-state index contributed by atoms with van der Waals surface area (Å²) in [7, 11) is 2.00. The highest BCUT2D eigenvalue weighted by Crippen LogP contribution is 2.48. The van der Waals surface area contributed by atoms with Crippen molar-refractivity contribution in [3.63, 3.8) is 0 Å². The Labute approximate surface area is 270 Å². The average molecular weight is 639 g/mol. The zero-order valence-electron chi connectivity index (χ0n) is 27.3. The summed E-state index contributed by atoms with van der Waals surface area (Å²) in [5.41, 5.74) is 4.54. The molecule has 2 aromatic carbocycles. The lowest BCUT2D eigenvalue weighted by atomic mass is 9.96. The molecule has 0 radical (unpaired) electrons. The first-order valence-electron chi connectivity index (χ1n) is 16.2. The number of likely N-dealkylation sites (N-methyl/N-ethyl adjacent to an activating group) is 1. The van der Waals surface area contributed by atoms with Gasteiger partial charge in [0.05, 0.1) is 19.6 Å². The first-order chi connectivity index (χ1) is 21.8. The number of nitrogens with one attached hydrogen (secondary N) is 1. The minimum Gasteiger partial charge on any atom is -0.481 e. The van der Waals surface area contributed by atoms with Gasteiger partial charge in [0.2, 0.25) is 5.79 Å². The van der Waals surface area contributed by atoms with Gasteiger partial charge in [0.15, 0.2) is 11.6 Å². The largest absolute Gasteiger partial charge is 0.481 e. The van der Waals surface area contributed by atoms with Crippen molar-refractivity contribution in [1.82, 2.24) is 10.2 Å². The Kier molecular flexibility index (Phi) is 9.19. The number of ether oxygens (including phenoxy) is 6. The number of benzene rings is 2. The number of carboxylic acids is 1. The Morgan fingerprint density at radius 3 is 2.33 bits per heavy atom. The molecule has 2 aromatic rings. The van der Waals surface area contributed by atoms with Gasteiger partial charge < -0.3 is 43.7 Å². The second-order valence-corrected chi connectivity index (χ2v) is 13.8. The quantitative estimate of drug-likeness (QED) is 0.311. The van der Waals surface area contributed by atoms with E-state index in [9.17, 15) is 14.7 Å². The van der Waals surface area contributed by atoms with Crippen molar-refractivity contribution in [2.45, 2.75) is 101 Å². The van der Waals surface area contributed by atoms with Gasteiger partial charge in [0, 0.05) is 12.0 Å². The standard InChI is InChI=1S/C35H46N2O9/c1-33(2)43-28-20-42-35(31(30(28)44-33)45-34(3,4)46-35)21-37(5)17-11-10-12-22(18-29(38)39)36-32(40)41-19-27-25-15-8-6-13-23(25)24-14-7-9-16-26(24)27/h6-9,13-16,22,27-28,30-31H,10-12,17-21H2,1-5H3,(H,36,40)(H,38,39)/t22-,28?,30?,31?,35?/m0/s1. The van der Waals surface area contributed by atoms with E-state index in [0.29, 0.717) is 32.5 Å². The van der Waals surface area contributed by atoms with Gasteiger partial charge in [-0.05, 0) is 76.4 Å². The topological polar surface area (TPSA) is 125 Å². The highest BCUT2D eigenvalue weighted by Gasteiger charge is 2.65. The van der Waals surface area contributed by atoms with Gasteiger partial charge in [-0.2, -0.15) is 0 Å².